The van der Waals surface area contributed by atoms with E-state index in [1.807, 2.05) is 12.1 Å². The summed E-state index contributed by atoms with van der Waals surface area (Å²) in [6.07, 6.45) is 3.21. The summed E-state index contributed by atoms with van der Waals surface area (Å²) >= 11 is 5.94. The van der Waals surface area contributed by atoms with E-state index in [2.05, 4.69) is 4.98 Å². The number of rotatable bonds is 3. The molecule has 0 radical (unpaired) electrons. The number of aromatic nitrogens is 3. The minimum absolute atomic E-state index is 0.0342. The van der Waals surface area contributed by atoms with E-state index in [1.54, 1.807) is 33.9 Å². The van der Waals surface area contributed by atoms with E-state index < -0.39 is 0 Å². The standard InChI is InChI=1S/C18H17ClN4O3/c19-13-1-3-14(4-2-13)23-6-5-15-17(23)18(25)22(12-20-15)11-16(24)21-7-9-26-10-8-21/h1-6,12H,7-11H2. The molecule has 1 fully saturated rings. The van der Waals surface area contributed by atoms with Crippen molar-refractivity contribution in [2.45, 2.75) is 6.54 Å². The average Bonchev–Trinajstić information content (AvgIpc) is 3.10. The van der Waals surface area contributed by atoms with Crippen molar-refractivity contribution in [3.8, 4) is 5.69 Å². The van der Waals surface area contributed by atoms with E-state index in [0.717, 1.165) is 5.69 Å². The van der Waals surface area contributed by atoms with Gasteiger partial charge in [-0.25, -0.2) is 4.98 Å². The highest BCUT2D eigenvalue weighted by Crippen LogP contribution is 2.18. The number of hydrogen-bond donors (Lipinski definition) is 0. The van der Waals surface area contributed by atoms with Crippen LogP contribution in [0.1, 0.15) is 0 Å². The fourth-order valence-electron chi connectivity index (χ4n) is 3.05. The van der Waals surface area contributed by atoms with Gasteiger partial charge in [0.05, 0.1) is 25.1 Å². The first kappa shape index (κ1) is 16.8. The zero-order valence-corrected chi connectivity index (χ0v) is 14.7. The molecule has 1 saturated heterocycles. The van der Waals surface area contributed by atoms with Crippen LogP contribution in [0.25, 0.3) is 16.7 Å². The lowest BCUT2D eigenvalue weighted by Gasteiger charge is -2.27. The SMILES string of the molecule is O=C(Cn1cnc2ccn(-c3ccc(Cl)cc3)c2c1=O)N1CCOCC1. The average molecular weight is 373 g/mol. The zero-order valence-electron chi connectivity index (χ0n) is 14.0. The molecular formula is C18H17ClN4O3. The van der Waals surface area contributed by atoms with Gasteiger partial charge in [-0.3, -0.25) is 14.2 Å². The molecule has 0 aliphatic carbocycles. The minimum Gasteiger partial charge on any atom is -0.378 e. The van der Waals surface area contributed by atoms with Gasteiger partial charge in [0, 0.05) is 30.0 Å². The predicted molar refractivity (Wildman–Crippen MR) is 97.7 cm³/mol. The van der Waals surface area contributed by atoms with Crippen LogP contribution in [0.5, 0.6) is 0 Å². The van der Waals surface area contributed by atoms with Crippen LogP contribution in [0, 0.1) is 0 Å². The highest BCUT2D eigenvalue weighted by molar-refractivity contribution is 6.30. The van der Waals surface area contributed by atoms with Crippen molar-refractivity contribution in [3.05, 3.63) is 58.2 Å². The predicted octanol–water partition coefficient (Wildman–Crippen LogP) is 1.70. The van der Waals surface area contributed by atoms with Crippen LogP contribution >= 0.6 is 11.6 Å². The number of benzene rings is 1. The zero-order chi connectivity index (χ0) is 18.1. The van der Waals surface area contributed by atoms with E-state index in [4.69, 9.17) is 16.3 Å². The molecule has 4 rings (SSSR count). The molecule has 0 atom stereocenters. The monoisotopic (exact) mass is 372 g/mol. The Morgan fingerprint density at radius 2 is 1.88 bits per heavy atom. The fourth-order valence-corrected chi connectivity index (χ4v) is 3.17. The Hall–Kier alpha value is -2.64. The van der Waals surface area contributed by atoms with Crippen molar-refractivity contribution in [1.29, 1.82) is 0 Å². The van der Waals surface area contributed by atoms with Gasteiger partial charge in [-0.15, -0.1) is 0 Å². The van der Waals surface area contributed by atoms with Gasteiger partial charge in [0.15, 0.2) is 0 Å². The van der Waals surface area contributed by atoms with Crippen molar-refractivity contribution < 1.29 is 9.53 Å². The molecule has 0 unspecified atom stereocenters. The Bertz CT molecular complexity index is 1000. The van der Waals surface area contributed by atoms with Crippen LogP contribution in [-0.2, 0) is 16.1 Å². The highest BCUT2D eigenvalue weighted by atomic mass is 35.5. The molecule has 0 N–H and O–H groups in total. The Morgan fingerprint density at radius 1 is 1.15 bits per heavy atom. The lowest BCUT2D eigenvalue weighted by Crippen LogP contribution is -2.43. The lowest BCUT2D eigenvalue weighted by atomic mass is 10.3. The summed E-state index contributed by atoms with van der Waals surface area (Å²) in [7, 11) is 0. The maximum atomic E-state index is 12.9. The Balaban J connectivity index is 1.70. The second kappa shape index (κ2) is 6.93. The van der Waals surface area contributed by atoms with Crippen LogP contribution in [0.2, 0.25) is 5.02 Å². The first-order valence-electron chi connectivity index (χ1n) is 8.31. The fraction of sp³-hybridized carbons (Fsp3) is 0.278. The number of carbonyl (C=O) groups is 1. The Labute approximate surface area is 154 Å². The largest absolute Gasteiger partial charge is 0.378 e. The van der Waals surface area contributed by atoms with Gasteiger partial charge < -0.3 is 14.2 Å². The van der Waals surface area contributed by atoms with E-state index >= 15 is 0 Å². The van der Waals surface area contributed by atoms with Gasteiger partial charge in [-0.1, -0.05) is 11.6 Å². The van der Waals surface area contributed by atoms with Crippen molar-refractivity contribution in [2.75, 3.05) is 26.3 Å². The normalized spacial score (nSPS) is 14.7. The number of amides is 1. The molecule has 26 heavy (non-hydrogen) atoms. The van der Waals surface area contributed by atoms with Crippen LogP contribution in [0.3, 0.4) is 0 Å². The van der Waals surface area contributed by atoms with Crippen LogP contribution < -0.4 is 5.56 Å². The summed E-state index contributed by atoms with van der Waals surface area (Å²) < 4.78 is 8.37. The first-order valence-corrected chi connectivity index (χ1v) is 8.69. The van der Waals surface area contributed by atoms with Crippen molar-refractivity contribution in [3.63, 3.8) is 0 Å². The third-order valence-corrected chi connectivity index (χ3v) is 4.69. The van der Waals surface area contributed by atoms with Gasteiger partial charge in [0.25, 0.3) is 5.56 Å². The van der Waals surface area contributed by atoms with Gasteiger partial charge in [0.2, 0.25) is 5.91 Å². The molecule has 1 aliphatic rings. The molecule has 3 heterocycles. The number of ether oxygens (including phenoxy) is 1. The van der Waals surface area contributed by atoms with Crippen LogP contribution in [-0.4, -0.2) is 51.2 Å². The van der Waals surface area contributed by atoms with Gasteiger partial charge >= 0.3 is 0 Å². The summed E-state index contributed by atoms with van der Waals surface area (Å²) in [6, 6.07) is 8.97. The van der Waals surface area contributed by atoms with E-state index in [9.17, 15) is 9.59 Å². The number of nitrogens with zero attached hydrogens (tertiary/aromatic N) is 4. The molecule has 1 amide bonds. The topological polar surface area (TPSA) is 69.4 Å². The minimum atomic E-state index is -0.253. The van der Waals surface area contributed by atoms with Crippen molar-refractivity contribution in [2.24, 2.45) is 0 Å². The molecule has 8 heteroatoms. The molecule has 2 aromatic heterocycles. The van der Waals surface area contributed by atoms with Crippen molar-refractivity contribution in [1.82, 2.24) is 19.0 Å². The molecule has 7 nitrogen and oxygen atoms in total. The summed E-state index contributed by atoms with van der Waals surface area (Å²) in [5.41, 5.74) is 1.57. The molecule has 1 aliphatic heterocycles. The quantitative estimate of drug-likeness (QED) is 0.701. The maximum Gasteiger partial charge on any atom is 0.278 e. The summed E-state index contributed by atoms with van der Waals surface area (Å²) in [5.74, 6) is -0.110. The van der Waals surface area contributed by atoms with Gasteiger partial charge in [-0.05, 0) is 30.3 Å². The third-order valence-electron chi connectivity index (χ3n) is 4.44. The molecule has 0 bridgehead atoms. The number of morpholine rings is 1. The number of carbonyl (C=O) groups excluding carboxylic acids is 1. The molecule has 0 saturated carbocycles. The number of hydrogen-bond acceptors (Lipinski definition) is 4. The smallest absolute Gasteiger partial charge is 0.278 e. The summed E-state index contributed by atoms with van der Waals surface area (Å²) in [5, 5.41) is 0.622. The molecular weight excluding hydrogens is 356 g/mol. The van der Waals surface area contributed by atoms with Crippen molar-refractivity contribution >= 4 is 28.5 Å². The second-order valence-electron chi connectivity index (χ2n) is 6.07. The van der Waals surface area contributed by atoms with Crippen LogP contribution in [0.15, 0.2) is 47.7 Å². The van der Waals surface area contributed by atoms with Gasteiger partial charge in [0.1, 0.15) is 12.1 Å². The van der Waals surface area contributed by atoms with Gasteiger partial charge in [-0.2, -0.15) is 0 Å². The lowest BCUT2D eigenvalue weighted by molar-refractivity contribution is -0.135. The number of fused-ring (bicyclic) bond motifs is 1. The molecule has 1 aromatic carbocycles. The second-order valence-corrected chi connectivity index (χ2v) is 6.50. The third kappa shape index (κ3) is 3.11. The number of halogens is 1. The Morgan fingerprint density at radius 3 is 2.62 bits per heavy atom. The first-order chi connectivity index (χ1) is 12.6. The van der Waals surface area contributed by atoms with E-state index in [0.29, 0.717) is 42.4 Å². The molecule has 0 spiro atoms. The molecule has 134 valence electrons. The van der Waals surface area contributed by atoms with Crippen LogP contribution in [0.4, 0.5) is 0 Å². The van der Waals surface area contributed by atoms with E-state index in [1.165, 1.54) is 10.9 Å². The molecule has 3 aromatic rings. The maximum absolute atomic E-state index is 12.9. The summed E-state index contributed by atoms with van der Waals surface area (Å²) in [6.45, 7) is 2.11. The van der Waals surface area contributed by atoms with E-state index in [-0.39, 0.29) is 18.0 Å². The Kier molecular flexibility index (Phi) is 4.48. The highest BCUT2D eigenvalue weighted by Gasteiger charge is 2.19. The summed E-state index contributed by atoms with van der Waals surface area (Å²) in [4.78, 5) is 31.4.